The molecule has 0 spiro atoms. The first kappa shape index (κ1) is 14.2. The van der Waals surface area contributed by atoms with Crippen LogP contribution < -0.4 is 5.32 Å². The lowest BCUT2D eigenvalue weighted by Crippen LogP contribution is -2.29. The van der Waals surface area contributed by atoms with Gasteiger partial charge in [-0.2, -0.15) is 0 Å². The van der Waals surface area contributed by atoms with Gasteiger partial charge in [-0.3, -0.25) is 4.79 Å². The molecule has 5 heteroatoms. The van der Waals surface area contributed by atoms with E-state index >= 15 is 0 Å². The van der Waals surface area contributed by atoms with Gasteiger partial charge in [0.25, 0.3) is 5.91 Å². The molecular formula is C16H19N3OS. The van der Waals surface area contributed by atoms with Gasteiger partial charge in [0.05, 0.1) is 6.20 Å². The SMILES string of the molecule is CNCC1CCN(C(=O)c2cnc(-c3ccccc3)s2)C1. The number of hydrogen-bond donors (Lipinski definition) is 1. The summed E-state index contributed by atoms with van der Waals surface area (Å²) in [6, 6.07) is 10.00. The summed E-state index contributed by atoms with van der Waals surface area (Å²) in [4.78, 5) is 19.6. The van der Waals surface area contributed by atoms with Crippen LogP contribution in [0.2, 0.25) is 0 Å². The van der Waals surface area contributed by atoms with Crippen molar-refractivity contribution in [3.63, 3.8) is 0 Å². The molecule has 1 unspecified atom stereocenters. The van der Waals surface area contributed by atoms with Gasteiger partial charge < -0.3 is 10.2 Å². The van der Waals surface area contributed by atoms with Crippen LogP contribution in [0.1, 0.15) is 16.1 Å². The van der Waals surface area contributed by atoms with Crippen LogP contribution in [-0.4, -0.2) is 42.5 Å². The van der Waals surface area contributed by atoms with Crippen molar-refractivity contribution in [1.29, 1.82) is 0 Å². The van der Waals surface area contributed by atoms with Crippen LogP contribution in [-0.2, 0) is 0 Å². The van der Waals surface area contributed by atoms with E-state index in [1.807, 2.05) is 42.3 Å². The minimum absolute atomic E-state index is 0.119. The summed E-state index contributed by atoms with van der Waals surface area (Å²) in [5, 5.41) is 4.09. The molecule has 2 heterocycles. The minimum atomic E-state index is 0.119. The number of aromatic nitrogens is 1. The van der Waals surface area contributed by atoms with Crippen molar-refractivity contribution in [2.24, 2.45) is 5.92 Å². The number of hydrogen-bond acceptors (Lipinski definition) is 4. The quantitative estimate of drug-likeness (QED) is 0.943. The predicted molar refractivity (Wildman–Crippen MR) is 85.5 cm³/mol. The van der Waals surface area contributed by atoms with E-state index in [4.69, 9.17) is 0 Å². The molecule has 4 nitrogen and oxygen atoms in total. The molecule has 1 fully saturated rings. The number of benzene rings is 1. The maximum atomic E-state index is 12.5. The van der Waals surface area contributed by atoms with Gasteiger partial charge in [-0.1, -0.05) is 30.3 Å². The summed E-state index contributed by atoms with van der Waals surface area (Å²) in [6.45, 7) is 2.67. The Morgan fingerprint density at radius 1 is 1.43 bits per heavy atom. The van der Waals surface area contributed by atoms with E-state index in [-0.39, 0.29) is 5.91 Å². The predicted octanol–water partition coefficient (Wildman–Crippen LogP) is 2.49. The highest BCUT2D eigenvalue weighted by Crippen LogP contribution is 2.27. The first-order chi connectivity index (χ1) is 10.3. The molecule has 1 aromatic heterocycles. The van der Waals surface area contributed by atoms with Gasteiger partial charge >= 0.3 is 0 Å². The second-order valence-electron chi connectivity index (χ2n) is 5.36. The lowest BCUT2D eigenvalue weighted by atomic mass is 10.1. The Labute approximate surface area is 128 Å². The second-order valence-corrected chi connectivity index (χ2v) is 6.39. The molecule has 0 saturated carbocycles. The molecule has 1 aromatic carbocycles. The second kappa shape index (κ2) is 6.37. The maximum Gasteiger partial charge on any atom is 0.265 e. The molecule has 1 amide bonds. The molecule has 0 radical (unpaired) electrons. The fourth-order valence-corrected chi connectivity index (χ4v) is 3.60. The van der Waals surface area contributed by atoms with Crippen LogP contribution >= 0.6 is 11.3 Å². The molecule has 2 aromatic rings. The smallest absolute Gasteiger partial charge is 0.265 e. The molecule has 1 aliphatic heterocycles. The monoisotopic (exact) mass is 301 g/mol. The molecule has 110 valence electrons. The number of thiazole rings is 1. The molecule has 0 bridgehead atoms. The van der Waals surface area contributed by atoms with Gasteiger partial charge in [0.1, 0.15) is 9.88 Å². The summed E-state index contributed by atoms with van der Waals surface area (Å²) < 4.78 is 0. The Bertz CT molecular complexity index is 611. The van der Waals surface area contributed by atoms with Crippen LogP contribution in [0.4, 0.5) is 0 Å². The normalized spacial score (nSPS) is 18.1. The van der Waals surface area contributed by atoms with Crippen LogP contribution in [0.5, 0.6) is 0 Å². The summed E-state index contributed by atoms with van der Waals surface area (Å²) in [7, 11) is 1.96. The summed E-state index contributed by atoms with van der Waals surface area (Å²) >= 11 is 1.48. The number of amides is 1. The zero-order chi connectivity index (χ0) is 14.7. The molecule has 21 heavy (non-hydrogen) atoms. The molecule has 3 rings (SSSR count). The van der Waals surface area contributed by atoms with E-state index < -0.39 is 0 Å². The average Bonchev–Trinajstić information content (AvgIpc) is 3.17. The van der Waals surface area contributed by atoms with Crippen LogP contribution in [0.25, 0.3) is 10.6 Å². The third-order valence-electron chi connectivity index (χ3n) is 3.80. The Morgan fingerprint density at radius 2 is 2.24 bits per heavy atom. The van der Waals surface area contributed by atoms with Gasteiger partial charge in [-0.05, 0) is 25.9 Å². The van der Waals surface area contributed by atoms with Gasteiger partial charge in [-0.15, -0.1) is 11.3 Å². The standard InChI is InChI=1S/C16H19N3OS/c1-17-9-12-7-8-19(11-12)16(20)14-10-18-15(21-14)13-5-3-2-4-6-13/h2-6,10,12,17H,7-9,11H2,1H3. The highest BCUT2D eigenvalue weighted by Gasteiger charge is 2.27. The van der Waals surface area contributed by atoms with Crippen molar-refractivity contribution in [1.82, 2.24) is 15.2 Å². The Kier molecular flexibility index (Phi) is 4.31. The Morgan fingerprint density at radius 3 is 3.00 bits per heavy atom. The molecular weight excluding hydrogens is 282 g/mol. The van der Waals surface area contributed by atoms with Crippen molar-refractivity contribution in [3.8, 4) is 10.6 Å². The first-order valence-corrected chi connectivity index (χ1v) is 8.04. The third kappa shape index (κ3) is 3.14. The molecule has 1 atom stereocenters. The van der Waals surface area contributed by atoms with Crippen molar-refractivity contribution in [2.75, 3.05) is 26.7 Å². The van der Waals surface area contributed by atoms with Crippen molar-refractivity contribution < 1.29 is 4.79 Å². The number of carbonyl (C=O) groups is 1. The fourth-order valence-electron chi connectivity index (χ4n) is 2.72. The largest absolute Gasteiger partial charge is 0.338 e. The average molecular weight is 301 g/mol. The van der Waals surface area contributed by atoms with Crippen molar-refractivity contribution >= 4 is 17.2 Å². The van der Waals surface area contributed by atoms with Crippen LogP contribution in [0.3, 0.4) is 0 Å². The van der Waals surface area contributed by atoms with Gasteiger partial charge in [0.2, 0.25) is 0 Å². The maximum absolute atomic E-state index is 12.5. The molecule has 1 N–H and O–H groups in total. The number of likely N-dealkylation sites (tertiary alicyclic amines) is 1. The number of rotatable bonds is 4. The summed E-state index contributed by atoms with van der Waals surface area (Å²) in [5.41, 5.74) is 1.07. The van der Waals surface area contributed by atoms with Crippen LogP contribution in [0, 0.1) is 5.92 Å². The van der Waals surface area contributed by atoms with E-state index in [2.05, 4.69) is 10.3 Å². The fraction of sp³-hybridized carbons (Fsp3) is 0.375. The number of carbonyl (C=O) groups excluding carboxylic acids is 1. The summed E-state index contributed by atoms with van der Waals surface area (Å²) in [6.07, 6.45) is 2.79. The van der Waals surface area contributed by atoms with Gasteiger partial charge in [0.15, 0.2) is 0 Å². The van der Waals surface area contributed by atoms with E-state index in [1.165, 1.54) is 11.3 Å². The number of nitrogens with zero attached hydrogens (tertiary/aromatic N) is 2. The lowest BCUT2D eigenvalue weighted by Gasteiger charge is -2.15. The summed E-state index contributed by atoms with van der Waals surface area (Å²) in [5.74, 6) is 0.689. The minimum Gasteiger partial charge on any atom is -0.338 e. The molecule has 1 aliphatic rings. The van der Waals surface area contributed by atoms with E-state index in [0.717, 1.165) is 41.5 Å². The Hall–Kier alpha value is -1.72. The Balaban J connectivity index is 1.70. The first-order valence-electron chi connectivity index (χ1n) is 7.23. The molecule has 0 aliphatic carbocycles. The lowest BCUT2D eigenvalue weighted by molar-refractivity contribution is 0.0792. The van der Waals surface area contributed by atoms with E-state index in [9.17, 15) is 4.79 Å². The highest BCUT2D eigenvalue weighted by molar-refractivity contribution is 7.16. The third-order valence-corrected chi connectivity index (χ3v) is 4.84. The van der Waals surface area contributed by atoms with Crippen molar-refractivity contribution in [2.45, 2.75) is 6.42 Å². The highest BCUT2D eigenvalue weighted by atomic mass is 32.1. The van der Waals surface area contributed by atoms with Gasteiger partial charge in [-0.25, -0.2) is 4.98 Å². The van der Waals surface area contributed by atoms with E-state index in [0.29, 0.717) is 5.92 Å². The van der Waals surface area contributed by atoms with Crippen molar-refractivity contribution in [3.05, 3.63) is 41.4 Å². The zero-order valence-corrected chi connectivity index (χ0v) is 12.9. The number of nitrogens with one attached hydrogen (secondary N) is 1. The molecule has 1 saturated heterocycles. The topological polar surface area (TPSA) is 45.2 Å². The zero-order valence-electron chi connectivity index (χ0n) is 12.1. The van der Waals surface area contributed by atoms with Crippen LogP contribution in [0.15, 0.2) is 36.5 Å². The van der Waals surface area contributed by atoms with E-state index in [1.54, 1.807) is 6.20 Å². The van der Waals surface area contributed by atoms with Gasteiger partial charge in [0, 0.05) is 18.7 Å².